The first-order chi connectivity index (χ1) is 26.9. The lowest BCUT2D eigenvalue weighted by Gasteiger charge is -2.30. The number of aryl methyl sites for hydroxylation is 6. The summed E-state index contributed by atoms with van der Waals surface area (Å²) >= 11 is 0. The third kappa shape index (κ3) is 6.61. The minimum atomic E-state index is 1.06. The molecule has 55 heavy (non-hydrogen) atoms. The highest BCUT2D eigenvalue weighted by molar-refractivity contribution is 6.15. The second kappa shape index (κ2) is 15.2. The fourth-order valence-corrected chi connectivity index (χ4v) is 8.69. The third-order valence-electron chi connectivity index (χ3n) is 11.1. The number of nitrogens with two attached hydrogens (primary N) is 1. The van der Waals surface area contributed by atoms with E-state index in [-0.39, 0.29) is 0 Å². The fraction of sp³-hybridized carbons (Fsp3) is 0.154. The molecular weight excluding hydrogens is 667 g/mol. The lowest BCUT2D eigenvalue weighted by Crippen LogP contribution is -2.15. The normalized spacial score (nSPS) is 13.1. The number of fused-ring (bicyclic) bond motifs is 8. The van der Waals surface area contributed by atoms with E-state index in [1.165, 1.54) is 117 Å². The van der Waals surface area contributed by atoms with Crippen molar-refractivity contribution in [3.05, 3.63) is 180 Å². The molecule has 0 fully saturated rings. The maximum Gasteiger partial charge on any atom is 0.0503 e. The van der Waals surface area contributed by atoms with E-state index in [2.05, 4.69) is 127 Å². The van der Waals surface area contributed by atoms with Gasteiger partial charge in [-0.1, -0.05) is 109 Å². The molecule has 2 aliphatic carbocycles. The van der Waals surface area contributed by atoms with E-state index in [9.17, 15) is 0 Å². The molecule has 272 valence electrons. The zero-order valence-corrected chi connectivity index (χ0v) is 32.4. The van der Waals surface area contributed by atoms with Crippen LogP contribution in [0.2, 0.25) is 0 Å². The largest absolute Gasteiger partial charge is 0.405 e. The summed E-state index contributed by atoms with van der Waals surface area (Å²) in [6, 6.07) is 36.6. The van der Waals surface area contributed by atoms with E-state index in [4.69, 9.17) is 5.73 Å². The number of allylic oxidation sites excluding steroid dienone is 6. The van der Waals surface area contributed by atoms with E-state index >= 15 is 0 Å². The molecule has 0 saturated carbocycles. The highest BCUT2D eigenvalue weighted by atomic mass is 14.7. The molecule has 0 spiro atoms. The molecule has 4 N–H and O–H groups in total. The molecule has 0 aliphatic heterocycles. The molecule has 8 aromatic rings. The van der Waals surface area contributed by atoms with Crippen molar-refractivity contribution >= 4 is 43.6 Å². The minimum absolute atomic E-state index is 1.06. The number of aromatic amines is 2. The van der Waals surface area contributed by atoms with Gasteiger partial charge in [0.05, 0.1) is 11.0 Å². The van der Waals surface area contributed by atoms with Gasteiger partial charge >= 0.3 is 0 Å². The Morgan fingerprint density at radius 1 is 0.527 bits per heavy atom. The summed E-state index contributed by atoms with van der Waals surface area (Å²) in [6.45, 7) is 11.7. The lowest BCUT2D eigenvalue weighted by atomic mass is 9.74. The monoisotopic (exact) mass is 715 g/mol. The molecule has 3 nitrogen and oxygen atoms in total. The Morgan fingerprint density at radius 2 is 1.00 bits per heavy atom. The first-order valence-electron chi connectivity index (χ1n) is 19.5. The van der Waals surface area contributed by atoms with Crippen molar-refractivity contribution in [1.29, 1.82) is 0 Å². The summed E-state index contributed by atoms with van der Waals surface area (Å²) in [5, 5.41) is 5.44. The molecule has 6 aromatic carbocycles. The summed E-state index contributed by atoms with van der Waals surface area (Å²) in [4.78, 5) is 7.75. The van der Waals surface area contributed by atoms with E-state index in [0.717, 1.165) is 25.7 Å². The topological polar surface area (TPSA) is 57.6 Å². The Bertz CT molecular complexity index is 2650. The van der Waals surface area contributed by atoms with Crippen molar-refractivity contribution in [3.63, 3.8) is 0 Å². The summed E-state index contributed by atoms with van der Waals surface area (Å²) < 4.78 is 0. The van der Waals surface area contributed by atoms with Gasteiger partial charge in [-0.15, -0.1) is 0 Å². The van der Waals surface area contributed by atoms with Crippen LogP contribution in [0, 0.1) is 13.8 Å². The average molecular weight is 716 g/mol. The van der Waals surface area contributed by atoms with Crippen LogP contribution in [0.4, 0.5) is 0 Å². The van der Waals surface area contributed by atoms with Crippen molar-refractivity contribution in [1.82, 2.24) is 9.97 Å². The first-order valence-corrected chi connectivity index (χ1v) is 19.5. The van der Waals surface area contributed by atoms with Crippen LogP contribution < -0.4 is 5.73 Å². The maximum absolute atomic E-state index is 4.98. The van der Waals surface area contributed by atoms with Gasteiger partial charge in [-0.3, -0.25) is 0 Å². The van der Waals surface area contributed by atoms with E-state index in [1.54, 1.807) is 12.2 Å². The zero-order valence-electron chi connectivity index (χ0n) is 32.4. The summed E-state index contributed by atoms with van der Waals surface area (Å²) in [6.07, 6.45) is 17.0. The van der Waals surface area contributed by atoms with Crippen molar-refractivity contribution in [2.24, 2.45) is 5.73 Å². The van der Waals surface area contributed by atoms with Gasteiger partial charge < -0.3 is 15.7 Å². The number of H-pyrrole nitrogens is 2. The van der Waals surface area contributed by atoms with E-state index in [1.807, 2.05) is 38.2 Å². The molecule has 0 saturated heterocycles. The van der Waals surface area contributed by atoms with Crippen LogP contribution in [0.5, 0.6) is 0 Å². The number of hydrogen-bond donors (Lipinski definition) is 3. The molecule has 2 aromatic heterocycles. The Kier molecular flexibility index (Phi) is 9.86. The van der Waals surface area contributed by atoms with E-state index in [0.29, 0.717) is 0 Å². The highest BCUT2D eigenvalue weighted by Gasteiger charge is 2.30. The molecule has 3 heteroatoms. The smallest absolute Gasteiger partial charge is 0.0503 e. The van der Waals surface area contributed by atoms with E-state index < -0.39 is 0 Å². The number of benzene rings is 6. The van der Waals surface area contributed by atoms with Crippen LogP contribution in [-0.4, -0.2) is 9.97 Å². The van der Waals surface area contributed by atoms with Crippen molar-refractivity contribution < 1.29 is 0 Å². The molecule has 0 unspecified atom stereocenters. The van der Waals surface area contributed by atoms with Crippen LogP contribution >= 0.6 is 0 Å². The Labute approximate surface area is 324 Å². The summed E-state index contributed by atoms with van der Waals surface area (Å²) in [5.74, 6) is 0. The molecule has 0 radical (unpaired) electrons. The quantitative estimate of drug-likeness (QED) is 0.156. The number of aromatic nitrogens is 2. The molecule has 10 rings (SSSR count). The average Bonchev–Trinajstić information content (AvgIpc) is 3.77. The lowest BCUT2D eigenvalue weighted by molar-refractivity contribution is 0.888. The molecule has 0 bridgehead atoms. The third-order valence-corrected chi connectivity index (χ3v) is 11.1. The van der Waals surface area contributed by atoms with Gasteiger partial charge in [0.25, 0.3) is 0 Å². The molecule has 2 heterocycles. The number of rotatable bonds is 4. The summed E-state index contributed by atoms with van der Waals surface area (Å²) in [5.41, 5.74) is 26.9. The van der Waals surface area contributed by atoms with Crippen molar-refractivity contribution in [2.45, 2.75) is 53.4 Å². The Hall–Kier alpha value is -6.32. The minimum Gasteiger partial charge on any atom is -0.405 e. The van der Waals surface area contributed by atoms with Gasteiger partial charge in [-0.2, -0.15) is 0 Å². The van der Waals surface area contributed by atoms with Crippen LogP contribution in [0.15, 0.2) is 146 Å². The van der Waals surface area contributed by atoms with Gasteiger partial charge in [0.2, 0.25) is 0 Å². The van der Waals surface area contributed by atoms with Crippen molar-refractivity contribution in [2.75, 3.05) is 0 Å². The maximum atomic E-state index is 4.98. The van der Waals surface area contributed by atoms with Gasteiger partial charge in [-0.05, 0) is 158 Å². The standard InChI is InChI=1S/C42H32N2.C5H9N.C5H8/c1-23-5-3-7-25(17-23)27-11-15-37-33(19-27)35-21-29-9-10-30-22-36-34-20-28(26-8-4-6-24(2)18-26)12-16-38(34)44-42(36)32-14-13-31(41(35)43-37)39(29)40(30)32;1-2-3-4-5-6;1-3-5-4-2/h3-8,11-12,15-22,43-44H,9-10,13-14H2,1-2H3;2-5H,6H2,1H3;3-5H,1H2,2H3/b;3-2-,5-4-;5-4-. The number of hydrogen-bond acceptors (Lipinski definition) is 1. The van der Waals surface area contributed by atoms with Gasteiger partial charge in [0.1, 0.15) is 0 Å². The van der Waals surface area contributed by atoms with Crippen LogP contribution in [0.25, 0.3) is 77.0 Å². The molecular formula is C52H49N3. The highest BCUT2D eigenvalue weighted by Crippen LogP contribution is 2.49. The molecule has 0 amide bonds. The van der Waals surface area contributed by atoms with Gasteiger partial charge in [-0.25, -0.2) is 0 Å². The predicted molar refractivity (Wildman–Crippen MR) is 239 cm³/mol. The zero-order chi connectivity index (χ0) is 38.1. The van der Waals surface area contributed by atoms with Crippen molar-refractivity contribution in [3.8, 4) is 33.4 Å². The summed E-state index contributed by atoms with van der Waals surface area (Å²) in [7, 11) is 0. The second-order valence-electron chi connectivity index (χ2n) is 14.8. The Morgan fingerprint density at radius 3 is 1.38 bits per heavy atom. The Balaban J connectivity index is 0.000000344. The SMILES string of the molecule is C/C=C\C=C/N.C=C/C=C\C.Cc1cccc(-c2ccc3[nH]c4c5c6c(cc4c3c2)CCc2cc3c([nH]c4ccc(-c7cccc(C)c7)cc43)c(c2-6)CC5)c1. The fourth-order valence-electron chi connectivity index (χ4n) is 8.69. The molecule has 2 aliphatic rings. The van der Waals surface area contributed by atoms with Gasteiger partial charge in [0.15, 0.2) is 0 Å². The van der Waals surface area contributed by atoms with Crippen LogP contribution in [-0.2, 0) is 25.7 Å². The first kappa shape index (κ1) is 35.7. The predicted octanol–water partition coefficient (Wildman–Crippen LogP) is 13.6. The van der Waals surface area contributed by atoms with Crippen LogP contribution in [0.1, 0.15) is 47.2 Å². The number of nitrogens with one attached hydrogen (secondary N) is 2. The van der Waals surface area contributed by atoms with Crippen LogP contribution in [0.3, 0.4) is 0 Å². The molecule has 0 atom stereocenters. The van der Waals surface area contributed by atoms with Gasteiger partial charge in [0, 0.05) is 32.6 Å². The second-order valence-corrected chi connectivity index (χ2v) is 14.8.